The van der Waals surface area contributed by atoms with Gasteiger partial charge < -0.3 is 15.4 Å². The quantitative estimate of drug-likeness (QED) is 0.835. The number of rotatable bonds is 6. The van der Waals surface area contributed by atoms with Gasteiger partial charge in [0.2, 0.25) is 0 Å². The van der Waals surface area contributed by atoms with Crippen molar-refractivity contribution in [2.45, 2.75) is 13.8 Å². The van der Waals surface area contributed by atoms with Crippen LogP contribution in [0.4, 0.5) is 11.4 Å². The first kappa shape index (κ1) is 18.4. The number of pyridine rings is 1. The van der Waals surface area contributed by atoms with E-state index in [1.165, 1.54) is 5.56 Å². The molecule has 6 heteroatoms. The Hall–Kier alpha value is -2.44. The number of carbonyl (C=O) groups excluding carboxylic acids is 1. The second kappa shape index (κ2) is 8.78. The average molecular weight is 354 g/mol. The van der Waals surface area contributed by atoms with Crippen molar-refractivity contribution < 1.29 is 9.53 Å². The van der Waals surface area contributed by atoms with Crippen molar-refractivity contribution in [3.8, 4) is 0 Å². The van der Waals surface area contributed by atoms with E-state index in [-0.39, 0.29) is 5.91 Å². The Morgan fingerprint density at radius 1 is 1.12 bits per heavy atom. The molecule has 2 aromatic rings. The summed E-state index contributed by atoms with van der Waals surface area (Å²) in [7, 11) is 0. The molecule has 0 radical (unpaired) electrons. The first-order valence-electron chi connectivity index (χ1n) is 9.00. The number of morpholine rings is 1. The fourth-order valence-corrected chi connectivity index (χ4v) is 2.86. The lowest BCUT2D eigenvalue weighted by Crippen LogP contribution is -2.39. The van der Waals surface area contributed by atoms with Crippen molar-refractivity contribution in [3.63, 3.8) is 0 Å². The normalized spacial score (nSPS) is 14.8. The molecular weight excluding hydrogens is 328 g/mol. The summed E-state index contributed by atoms with van der Waals surface area (Å²) in [4.78, 5) is 19.0. The molecule has 6 nitrogen and oxygen atoms in total. The number of nitrogens with one attached hydrogen (secondary N) is 2. The SMILES string of the molecule is Cc1ccc(NC(=O)c2cc(NCCN3CCOCC3)ccn2)cc1C. The van der Waals surface area contributed by atoms with Gasteiger partial charge in [0.05, 0.1) is 13.2 Å². The lowest BCUT2D eigenvalue weighted by Gasteiger charge is -2.26. The van der Waals surface area contributed by atoms with Gasteiger partial charge >= 0.3 is 0 Å². The molecule has 1 aromatic carbocycles. The van der Waals surface area contributed by atoms with Crippen LogP contribution >= 0.6 is 0 Å². The molecule has 0 atom stereocenters. The summed E-state index contributed by atoms with van der Waals surface area (Å²) < 4.78 is 5.35. The number of benzene rings is 1. The number of nitrogens with zero attached hydrogens (tertiary/aromatic N) is 2. The maximum Gasteiger partial charge on any atom is 0.274 e. The molecule has 0 saturated carbocycles. The molecule has 1 fully saturated rings. The minimum atomic E-state index is -0.204. The number of carbonyl (C=O) groups is 1. The molecule has 1 amide bonds. The van der Waals surface area contributed by atoms with Crippen molar-refractivity contribution >= 4 is 17.3 Å². The van der Waals surface area contributed by atoms with Gasteiger partial charge in [-0.15, -0.1) is 0 Å². The molecule has 3 rings (SSSR count). The van der Waals surface area contributed by atoms with Crippen LogP contribution in [0.25, 0.3) is 0 Å². The number of amides is 1. The third-order valence-electron chi connectivity index (χ3n) is 4.62. The highest BCUT2D eigenvalue weighted by Crippen LogP contribution is 2.16. The second-order valence-electron chi connectivity index (χ2n) is 6.56. The summed E-state index contributed by atoms with van der Waals surface area (Å²) in [6.07, 6.45) is 1.66. The van der Waals surface area contributed by atoms with Gasteiger partial charge in [0.1, 0.15) is 5.69 Å². The van der Waals surface area contributed by atoms with E-state index in [1.807, 2.05) is 31.2 Å². The van der Waals surface area contributed by atoms with Crippen LogP contribution in [0.2, 0.25) is 0 Å². The van der Waals surface area contributed by atoms with Crippen LogP contribution in [0.5, 0.6) is 0 Å². The average Bonchev–Trinajstić information content (AvgIpc) is 2.66. The Morgan fingerprint density at radius 2 is 1.92 bits per heavy atom. The molecule has 1 saturated heterocycles. The van der Waals surface area contributed by atoms with Crippen LogP contribution in [0.1, 0.15) is 21.6 Å². The molecule has 0 spiro atoms. The molecule has 1 aliphatic heterocycles. The molecule has 1 aliphatic rings. The predicted molar refractivity (Wildman–Crippen MR) is 104 cm³/mol. The standard InChI is InChI=1S/C20H26N4O2/c1-15-3-4-18(13-16(15)2)23-20(25)19-14-17(5-6-22-19)21-7-8-24-9-11-26-12-10-24/h3-6,13-14H,7-12H2,1-2H3,(H,21,22)(H,23,25). The van der Waals surface area contributed by atoms with Gasteiger partial charge in [-0.3, -0.25) is 14.7 Å². The highest BCUT2D eigenvalue weighted by molar-refractivity contribution is 6.03. The first-order valence-corrected chi connectivity index (χ1v) is 9.00. The van der Waals surface area contributed by atoms with Crippen molar-refractivity contribution in [3.05, 3.63) is 53.3 Å². The van der Waals surface area contributed by atoms with E-state index in [1.54, 1.807) is 12.3 Å². The van der Waals surface area contributed by atoms with E-state index in [0.717, 1.165) is 56.3 Å². The van der Waals surface area contributed by atoms with Gasteiger partial charge in [-0.2, -0.15) is 0 Å². The van der Waals surface area contributed by atoms with E-state index in [0.29, 0.717) is 5.69 Å². The first-order chi connectivity index (χ1) is 12.6. The molecule has 2 N–H and O–H groups in total. The molecule has 1 aromatic heterocycles. The van der Waals surface area contributed by atoms with Crippen LogP contribution in [0.3, 0.4) is 0 Å². The predicted octanol–water partition coefficient (Wildman–Crippen LogP) is 2.69. The summed E-state index contributed by atoms with van der Waals surface area (Å²) in [5, 5.41) is 6.28. The Kier molecular flexibility index (Phi) is 6.20. The highest BCUT2D eigenvalue weighted by Gasteiger charge is 2.11. The smallest absolute Gasteiger partial charge is 0.274 e. The largest absolute Gasteiger partial charge is 0.384 e. The third-order valence-corrected chi connectivity index (χ3v) is 4.62. The summed E-state index contributed by atoms with van der Waals surface area (Å²) >= 11 is 0. The Balaban J connectivity index is 1.55. The second-order valence-corrected chi connectivity index (χ2v) is 6.56. The number of aryl methyl sites for hydroxylation is 2. The fourth-order valence-electron chi connectivity index (χ4n) is 2.86. The minimum absolute atomic E-state index is 0.204. The van der Waals surface area contributed by atoms with Crippen LogP contribution in [0, 0.1) is 13.8 Å². The summed E-state index contributed by atoms with van der Waals surface area (Å²) in [5.41, 5.74) is 4.44. The van der Waals surface area contributed by atoms with Crippen LogP contribution in [0.15, 0.2) is 36.5 Å². The van der Waals surface area contributed by atoms with Gasteiger partial charge in [0.25, 0.3) is 5.91 Å². The zero-order chi connectivity index (χ0) is 18.4. The molecular formula is C20H26N4O2. The lowest BCUT2D eigenvalue weighted by atomic mass is 10.1. The van der Waals surface area contributed by atoms with Gasteiger partial charge in [-0.1, -0.05) is 6.07 Å². The minimum Gasteiger partial charge on any atom is -0.384 e. The summed E-state index contributed by atoms with van der Waals surface area (Å²) in [6, 6.07) is 9.55. The van der Waals surface area contributed by atoms with Crippen LogP contribution < -0.4 is 10.6 Å². The number of anilines is 2. The summed E-state index contributed by atoms with van der Waals surface area (Å²) in [6.45, 7) is 9.41. The van der Waals surface area contributed by atoms with Crippen molar-refractivity contribution in [1.82, 2.24) is 9.88 Å². The van der Waals surface area contributed by atoms with E-state index < -0.39 is 0 Å². The van der Waals surface area contributed by atoms with Crippen LogP contribution in [-0.4, -0.2) is 55.2 Å². The van der Waals surface area contributed by atoms with E-state index in [2.05, 4.69) is 27.4 Å². The maximum atomic E-state index is 12.5. The van der Waals surface area contributed by atoms with Gasteiger partial charge in [0, 0.05) is 43.8 Å². The van der Waals surface area contributed by atoms with Crippen molar-refractivity contribution in [2.75, 3.05) is 50.0 Å². The number of hydrogen-bond acceptors (Lipinski definition) is 5. The molecule has 0 bridgehead atoms. The zero-order valence-electron chi connectivity index (χ0n) is 15.4. The van der Waals surface area contributed by atoms with E-state index >= 15 is 0 Å². The van der Waals surface area contributed by atoms with Gasteiger partial charge in [-0.25, -0.2) is 0 Å². The van der Waals surface area contributed by atoms with E-state index in [4.69, 9.17) is 4.74 Å². The van der Waals surface area contributed by atoms with Crippen molar-refractivity contribution in [2.24, 2.45) is 0 Å². The lowest BCUT2D eigenvalue weighted by molar-refractivity contribution is 0.0398. The summed E-state index contributed by atoms with van der Waals surface area (Å²) in [5.74, 6) is -0.204. The number of aromatic nitrogens is 1. The molecule has 138 valence electrons. The third kappa shape index (κ3) is 5.03. The molecule has 2 heterocycles. The zero-order valence-corrected chi connectivity index (χ0v) is 15.4. The fraction of sp³-hybridized carbons (Fsp3) is 0.400. The Morgan fingerprint density at radius 3 is 2.69 bits per heavy atom. The van der Waals surface area contributed by atoms with Crippen molar-refractivity contribution in [1.29, 1.82) is 0 Å². The molecule has 0 aliphatic carbocycles. The monoisotopic (exact) mass is 354 g/mol. The maximum absolute atomic E-state index is 12.5. The van der Waals surface area contributed by atoms with E-state index in [9.17, 15) is 4.79 Å². The van der Waals surface area contributed by atoms with Gasteiger partial charge in [0.15, 0.2) is 0 Å². The molecule has 26 heavy (non-hydrogen) atoms. The number of ether oxygens (including phenoxy) is 1. The van der Waals surface area contributed by atoms with Gasteiger partial charge in [-0.05, 0) is 49.2 Å². The number of hydrogen-bond donors (Lipinski definition) is 2. The topological polar surface area (TPSA) is 66.5 Å². The highest BCUT2D eigenvalue weighted by atomic mass is 16.5. The van der Waals surface area contributed by atoms with Crippen LogP contribution in [-0.2, 0) is 4.74 Å². The Bertz CT molecular complexity index is 757. The Labute approximate surface area is 154 Å². The molecule has 0 unspecified atom stereocenters.